The van der Waals surface area contributed by atoms with Crippen LogP contribution < -0.4 is 11.1 Å². The van der Waals surface area contributed by atoms with Gasteiger partial charge in [0, 0.05) is 31.5 Å². The largest absolute Gasteiger partial charge is 0.382 e. The average Bonchev–Trinajstić information content (AvgIpc) is 3.50. The number of nitrogens with two attached hydrogens (primary N) is 1. The molecule has 0 amide bonds. The maximum absolute atomic E-state index is 6.53. The number of rotatable bonds is 12. The normalized spacial score (nSPS) is 18.4. The van der Waals surface area contributed by atoms with E-state index in [9.17, 15) is 0 Å². The predicted molar refractivity (Wildman–Crippen MR) is 153 cm³/mol. The zero-order valence-corrected chi connectivity index (χ0v) is 23.5. The molecule has 2 aliphatic heterocycles. The number of nitrogens with one attached hydrogen (secondary N) is 1. The number of hydrogen-bond donors (Lipinski definition) is 2. The van der Waals surface area contributed by atoms with Crippen molar-refractivity contribution < 1.29 is 9.47 Å². The number of unbranched alkanes of at least 4 members (excludes halogenated alkanes) is 1. The molecule has 2 saturated heterocycles. The standard InChI is InChI=1S/C28H44N6O2S/c1-3-4-5-24-32-25-26(27-22(31-28(25)29)18-23(37-27)21-6-10-30-11-7-21)34(24)19-20-8-12-33(13-9-20)14-15-36-17-16-35-2/h18,20-21,30H,3-17,19H2,1-2H3,(H2,29,31). The van der Waals surface area contributed by atoms with E-state index in [-0.39, 0.29) is 0 Å². The fraction of sp³-hybridized carbons (Fsp3) is 0.714. The van der Waals surface area contributed by atoms with Crippen molar-refractivity contribution in [3.63, 3.8) is 0 Å². The Labute approximate surface area is 224 Å². The summed E-state index contributed by atoms with van der Waals surface area (Å²) in [6.07, 6.45) is 8.11. The van der Waals surface area contributed by atoms with Crippen LogP contribution >= 0.6 is 11.3 Å². The van der Waals surface area contributed by atoms with Gasteiger partial charge in [0.05, 0.1) is 35.6 Å². The number of anilines is 1. The Hall–Kier alpha value is -1.78. The molecule has 0 saturated carbocycles. The first-order chi connectivity index (χ1) is 18.2. The lowest BCUT2D eigenvalue weighted by molar-refractivity contribution is 0.0503. The predicted octanol–water partition coefficient (Wildman–Crippen LogP) is 4.41. The van der Waals surface area contributed by atoms with Crippen molar-refractivity contribution in [3.05, 3.63) is 16.8 Å². The molecular formula is C28H44N6O2S. The third-order valence-electron chi connectivity index (χ3n) is 8.10. The van der Waals surface area contributed by atoms with Gasteiger partial charge < -0.3 is 30.0 Å². The van der Waals surface area contributed by atoms with E-state index >= 15 is 0 Å². The molecule has 2 aliphatic rings. The van der Waals surface area contributed by atoms with Crippen molar-refractivity contribution in [1.82, 2.24) is 24.8 Å². The lowest BCUT2D eigenvalue weighted by Gasteiger charge is -2.32. The molecule has 204 valence electrons. The average molecular weight is 529 g/mol. The molecule has 0 aromatic carbocycles. The van der Waals surface area contributed by atoms with Gasteiger partial charge in [-0.3, -0.25) is 0 Å². The van der Waals surface area contributed by atoms with E-state index in [1.807, 2.05) is 11.3 Å². The van der Waals surface area contributed by atoms with Gasteiger partial charge in [0.25, 0.3) is 0 Å². The Bertz CT molecular complexity index is 1150. The number of imidazole rings is 1. The molecule has 9 heteroatoms. The molecule has 3 aromatic heterocycles. The van der Waals surface area contributed by atoms with Crippen LogP contribution in [0.1, 0.15) is 62.1 Å². The fourth-order valence-corrected chi connectivity index (χ4v) is 7.18. The first-order valence-corrected chi connectivity index (χ1v) is 15.1. The van der Waals surface area contributed by atoms with E-state index in [2.05, 4.69) is 27.8 Å². The molecule has 2 fully saturated rings. The summed E-state index contributed by atoms with van der Waals surface area (Å²) in [6, 6.07) is 2.31. The Kier molecular flexibility index (Phi) is 9.31. The van der Waals surface area contributed by atoms with Crippen LogP contribution in [-0.2, 0) is 22.4 Å². The van der Waals surface area contributed by atoms with Crippen LogP contribution in [0.2, 0.25) is 0 Å². The first-order valence-electron chi connectivity index (χ1n) is 14.3. The second kappa shape index (κ2) is 12.8. The number of ether oxygens (including phenoxy) is 2. The summed E-state index contributed by atoms with van der Waals surface area (Å²) in [7, 11) is 1.72. The number of methoxy groups -OCH3 is 1. The summed E-state index contributed by atoms with van der Waals surface area (Å²) < 4.78 is 14.6. The SMILES string of the molecule is CCCCc1nc2c(N)nc3cc(C4CCNCC4)sc3c2n1CC1CCN(CCOCCOC)CC1. The number of aryl methyl sites for hydroxylation is 1. The summed E-state index contributed by atoms with van der Waals surface area (Å²) in [5.74, 6) is 3.03. The Morgan fingerprint density at radius 3 is 2.68 bits per heavy atom. The molecule has 3 aromatic rings. The van der Waals surface area contributed by atoms with Gasteiger partial charge in [-0.05, 0) is 76.2 Å². The van der Waals surface area contributed by atoms with Crippen LogP contribution in [0.3, 0.4) is 0 Å². The zero-order chi connectivity index (χ0) is 25.6. The van der Waals surface area contributed by atoms with E-state index in [1.54, 1.807) is 7.11 Å². The molecular weight excluding hydrogens is 484 g/mol. The number of piperidine rings is 2. The number of aromatic nitrogens is 3. The monoisotopic (exact) mass is 528 g/mol. The van der Waals surface area contributed by atoms with Gasteiger partial charge in [-0.2, -0.15) is 0 Å². The van der Waals surface area contributed by atoms with Crippen LogP contribution in [0.5, 0.6) is 0 Å². The highest BCUT2D eigenvalue weighted by molar-refractivity contribution is 7.20. The molecule has 0 bridgehead atoms. The smallest absolute Gasteiger partial charge is 0.152 e. The summed E-state index contributed by atoms with van der Waals surface area (Å²) in [6.45, 7) is 10.9. The summed E-state index contributed by atoms with van der Waals surface area (Å²) in [5, 5.41) is 3.50. The molecule has 0 atom stereocenters. The van der Waals surface area contributed by atoms with Crippen LogP contribution in [0.25, 0.3) is 21.3 Å². The molecule has 0 spiro atoms. The van der Waals surface area contributed by atoms with E-state index in [0.717, 1.165) is 76.2 Å². The topological polar surface area (TPSA) is 90.5 Å². The highest BCUT2D eigenvalue weighted by Crippen LogP contribution is 2.40. The maximum atomic E-state index is 6.53. The molecule has 0 aliphatic carbocycles. The van der Waals surface area contributed by atoms with Gasteiger partial charge in [0.15, 0.2) is 5.82 Å². The quantitative estimate of drug-likeness (QED) is 0.337. The van der Waals surface area contributed by atoms with E-state index < -0.39 is 0 Å². The first kappa shape index (κ1) is 26.8. The summed E-state index contributed by atoms with van der Waals surface area (Å²) >= 11 is 1.93. The number of thiophene rings is 1. The van der Waals surface area contributed by atoms with Crippen LogP contribution in [0.15, 0.2) is 6.07 Å². The minimum absolute atomic E-state index is 0.581. The van der Waals surface area contributed by atoms with E-state index in [4.69, 9.17) is 25.2 Å². The van der Waals surface area contributed by atoms with E-state index in [0.29, 0.717) is 30.9 Å². The minimum atomic E-state index is 0.581. The molecule has 5 heterocycles. The molecule has 37 heavy (non-hydrogen) atoms. The molecule has 8 nitrogen and oxygen atoms in total. The van der Waals surface area contributed by atoms with Crippen molar-refractivity contribution >= 4 is 38.4 Å². The van der Waals surface area contributed by atoms with Crippen molar-refractivity contribution in [2.24, 2.45) is 5.92 Å². The van der Waals surface area contributed by atoms with Crippen LogP contribution in [0.4, 0.5) is 5.82 Å². The maximum Gasteiger partial charge on any atom is 0.152 e. The highest BCUT2D eigenvalue weighted by atomic mass is 32.1. The third-order valence-corrected chi connectivity index (χ3v) is 9.40. The zero-order valence-electron chi connectivity index (χ0n) is 22.6. The third kappa shape index (κ3) is 6.28. The number of fused-ring (bicyclic) bond motifs is 3. The number of nitrogen functional groups attached to an aromatic ring is 1. The molecule has 5 rings (SSSR count). The van der Waals surface area contributed by atoms with Gasteiger partial charge in [-0.1, -0.05) is 13.3 Å². The molecule has 0 radical (unpaired) electrons. The van der Waals surface area contributed by atoms with E-state index in [1.165, 1.54) is 46.6 Å². The Morgan fingerprint density at radius 1 is 1.11 bits per heavy atom. The van der Waals surface area contributed by atoms with Crippen molar-refractivity contribution in [2.75, 3.05) is 65.4 Å². The van der Waals surface area contributed by atoms with Crippen LogP contribution in [-0.4, -0.2) is 79.1 Å². The number of pyridine rings is 1. The van der Waals surface area contributed by atoms with Gasteiger partial charge in [0.2, 0.25) is 0 Å². The second-order valence-electron chi connectivity index (χ2n) is 10.7. The molecule has 0 unspecified atom stereocenters. The number of hydrogen-bond acceptors (Lipinski definition) is 8. The minimum Gasteiger partial charge on any atom is -0.382 e. The lowest BCUT2D eigenvalue weighted by Crippen LogP contribution is -2.37. The summed E-state index contributed by atoms with van der Waals surface area (Å²) in [4.78, 5) is 13.9. The Morgan fingerprint density at radius 2 is 1.92 bits per heavy atom. The van der Waals surface area contributed by atoms with Gasteiger partial charge in [-0.25, -0.2) is 9.97 Å². The fourth-order valence-electron chi connectivity index (χ4n) is 5.86. The number of likely N-dealkylation sites (tertiary alicyclic amines) is 1. The number of nitrogens with zero attached hydrogens (tertiary/aromatic N) is 4. The van der Waals surface area contributed by atoms with Gasteiger partial charge in [0.1, 0.15) is 11.3 Å². The highest BCUT2D eigenvalue weighted by Gasteiger charge is 2.25. The molecule has 3 N–H and O–H groups in total. The van der Waals surface area contributed by atoms with Crippen molar-refractivity contribution in [1.29, 1.82) is 0 Å². The lowest BCUT2D eigenvalue weighted by atomic mass is 9.96. The van der Waals surface area contributed by atoms with Gasteiger partial charge in [-0.15, -0.1) is 11.3 Å². The Balaban J connectivity index is 1.37. The van der Waals surface area contributed by atoms with Crippen molar-refractivity contribution in [3.8, 4) is 0 Å². The summed E-state index contributed by atoms with van der Waals surface area (Å²) in [5.41, 5.74) is 9.72. The van der Waals surface area contributed by atoms with Crippen LogP contribution in [0, 0.1) is 5.92 Å². The van der Waals surface area contributed by atoms with Gasteiger partial charge >= 0.3 is 0 Å². The van der Waals surface area contributed by atoms with Crippen molar-refractivity contribution in [2.45, 2.75) is 64.3 Å². The second-order valence-corrected chi connectivity index (χ2v) is 11.8.